The molecule has 2 heterocycles. The van der Waals surface area contributed by atoms with Crippen LogP contribution >= 0.6 is 0 Å². The van der Waals surface area contributed by atoms with Crippen molar-refractivity contribution in [3.63, 3.8) is 0 Å². The van der Waals surface area contributed by atoms with Gasteiger partial charge in [0, 0.05) is 18.8 Å². The van der Waals surface area contributed by atoms with Gasteiger partial charge < -0.3 is 10.4 Å². The molecule has 0 bridgehead atoms. The Bertz CT molecular complexity index is 244. The number of nitrogens with one attached hydrogen (secondary N) is 1. The van der Waals surface area contributed by atoms with Gasteiger partial charge in [0.15, 0.2) is 0 Å². The van der Waals surface area contributed by atoms with E-state index in [9.17, 15) is 4.79 Å². The van der Waals surface area contributed by atoms with Crippen LogP contribution in [0, 0.1) is 5.92 Å². The summed E-state index contributed by atoms with van der Waals surface area (Å²) in [6, 6.07) is 5.72. The van der Waals surface area contributed by atoms with Crippen molar-refractivity contribution in [2.45, 2.75) is 12.8 Å². The second kappa shape index (κ2) is 6.95. The highest BCUT2D eigenvalue weighted by Crippen LogP contribution is 2.10. The Labute approximate surface area is 89.3 Å². The number of rotatable bonds is 2. The molecule has 0 spiro atoms. The Hall–Kier alpha value is -1.42. The summed E-state index contributed by atoms with van der Waals surface area (Å²) < 4.78 is 0. The van der Waals surface area contributed by atoms with E-state index in [1.54, 1.807) is 12.4 Å². The number of hydrogen-bond donors (Lipinski definition) is 2. The molecule has 15 heavy (non-hydrogen) atoms. The predicted octanol–water partition coefficient (Wildman–Crippen LogP) is 1.15. The Balaban J connectivity index is 0.000000162. The normalized spacial score (nSPS) is 19.1. The van der Waals surface area contributed by atoms with E-state index < -0.39 is 5.97 Å². The first-order chi connectivity index (χ1) is 7.29. The zero-order chi connectivity index (χ0) is 10.9. The van der Waals surface area contributed by atoms with Gasteiger partial charge in [-0.3, -0.25) is 9.78 Å². The molecule has 1 aliphatic rings. The van der Waals surface area contributed by atoms with Crippen LogP contribution in [0.5, 0.6) is 0 Å². The third-order valence-corrected chi connectivity index (χ3v) is 2.19. The van der Waals surface area contributed by atoms with Crippen LogP contribution in [0.25, 0.3) is 0 Å². The van der Waals surface area contributed by atoms with Crippen LogP contribution in [0.4, 0.5) is 0 Å². The third-order valence-electron chi connectivity index (χ3n) is 2.19. The van der Waals surface area contributed by atoms with Crippen molar-refractivity contribution >= 4 is 5.97 Å². The molecule has 1 fully saturated rings. The quantitative estimate of drug-likeness (QED) is 0.765. The second-order valence-corrected chi connectivity index (χ2v) is 3.48. The summed E-state index contributed by atoms with van der Waals surface area (Å²) in [7, 11) is 0. The van der Waals surface area contributed by atoms with Crippen LogP contribution in [0.15, 0.2) is 30.6 Å². The van der Waals surface area contributed by atoms with Crippen LogP contribution in [-0.2, 0) is 4.79 Å². The average Bonchev–Trinajstić information content (AvgIpc) is 2.73. The smallest absolute Gasteiger partial charge is 0.303 e. The number of aromatic nitrogens is 1. The molecule has 1 aliphatic heterocycles. The standard InChI is InChI=1S/C6H11NO2.C5H5N/c8-6(9)3-5-1-2-7-4-5;1-2-4-6-5-3-1/h5,7H,1-4H2,(H,8,9);1-5H. The number of carbonyl (C=O) groups is 1. The number of nitrogens with zero attached hydrogens (tertiary/aromatic N) is 1. The molecule has 1 saturated heterocycles. The molecule has 2 N–H and O–H groups in total. The molecule has 82 valence electrons. The van der Waals surface area contributed by atoms with Crippen molar-refractivity contribution < 1.29 is 9.90 Å². The van der Waals surface area contributed by atoms with E-state index in [1.807, 2.05) is 18.2 Å². The lowest BCUT2D eigenvalue weighted by molar-refractivity contribution is -0.137. The van der Waals surface area contributed by atoms with Gasteiger partial charge in [0.05, 0.1) is 0 Å². The van der Waals surface area contributed by atoms with Crippen molar-refractivity contribution in [1.82, 2.24) is 10.3 Å². The highest BCUT2D eigenvalue weighted by Gasteiger charge is 2.16. The minimum absolute atomic E-state index is 0.326. The first-order valence-corrected chi connectivity index (χ1v) is 5.06. The molecule has 1 aromatic rings. The van der Waals surface area contributed by atoms with E-state index in [0.29, 0.717) is 12.3 Å². The van der Waals surface area contributed by atoms with Gasteiger partial charge in [-0.1, -0.05) is 6.07 Å². The molecule has 1 aromatic heterocycles. The Morgan fingerprint density at radius 2 is 2.13 bits per heavy atom. The van der Waals surface area contributed by atoms with E-state index in [2.05, 4.69) is 10.3 Å². The summed E-state index contributed by atoms with van der Waals surface area (Å²) >= 11 is 0. The number of carboxylic acids is 1. The molecule has 1 unspecified atom stereocenters. The minimum atomic E-state index is -0.677. The lowest BCUT2D eigenvalue weighted by Gasteiger charge is -2.00. The number of aliphatic carboxylic acids is 1. The fraction of sp³-hybridized carbons (Fsp3) is 0.455. The monoisotopic (exact) mass is 208 g/mol. The first kappa shape index (κ1) is 11.7. The van der Waals surface area contributed by atoms with E-state index in [4.69, 9.17) is 5.11 Å². The molecule has 2 rings (SSSR count). The van der Waals surface area contributed by atoms with Gasteiger partial charge in [0.1, 0.15) is 0 Å². The molecular weight excluding hydrogens is 192 g/mol. The molecule has 0 radical (unpaired) electrons. The third kappa shape index (κ3) is 5.80. The van der Waals surface area contributed by atoms with Crippen molar-refractivity contribution in [3.8, 4) is 0 Å². The molecule has 4 nitrogen and oxygen atoms in total. The molecule has 1 atom stereocenters. The van der Waals surface area contributed by atoms with Gasteiger partial charge in [-0.05, 0) is 37.6 Å². The highest BCUT2D eigenvalue weighted by atomic mass is 16.4. The minimum Gasteiger partial charge on any atom is -0.481 e. The number of carboxylic acid groups (broad SMARTS) is 1. The maximum absolute atomic E-state index is 10.1. The SMILES string of the molecule is O=C(O)CC1CCNC1.c1ccncc1. The molecule has 0 aliphatic carbocycles. The summed E-state index contributed by atoms with van der Waals surface area (Å²) in [6.07, 6.45) is 4.85. The van der Waals surface area contributed by atoms with E-state index in [1.165, 1.54) is 0 Å². The van der Waals surface area contributed by atoms with E-state index in [0.717, 1.165) is 19.5 Å². The van der Waals surface area contributed by atoms with Crippen LogP contribution in [0.2, 0.25) is 0 Å². The summed E-state index contributed by atoms with van der Waals surface area (Å²) in [5.41, 5.74) is 0. The fourth-order valence-corrected chi connectivity index (χ4v) is 1.45. The summed E-state index contributed by atoms with van der Waals surface area (Å²) in [5.74, 6) is -0.300. The van der Waals surface area contributed by atoms with E-state index in [-0.39, 0.29) is 0 Å². The molecular formula is C11H16N2O2. The summed E-state index contributed by atoms with van der Waals surface area (Å²) in [6.45, 7) is 1.87. The van der Waals surface area contributed by atoms with Crippen LogP contribution in [0.3, 0.4) is 0 Å². The largest absolute Gasteiger partial charge is 0.481 e. The zero-order valence-electron chi connectivity index (χ0n) is 8.60. The maximum Gasteiger partial charge on any atom is 0.303 e. The van der Waals surface area contributed by atoms with Crippen molar-refractivity contribution in [2.24, 2.45) is 5.92 Å². The second-order valence-electron chi connectivity index (χ2n) is 3.48. The summed E-state index contributed by atoms with van der Waals surface area (Å²) in [5, 5.41) is 11.5. The predicted molar refractivity (Wildman–Crippen MR) is 57.5 cm³/mol. The zero-order valence-corrected chi connectivity index (χ0v) is 8.60. The Morgan fingerprint density at radius 1 is 1.40 bits per heavy atom. The van der Waals surface area contributed by atoms with Crippen molar-refractivity contribution in [3.05, 3.63) is 30.6 Å². The lowest BCUT2D eigenvalue weighted by Crippen LogP contribution is -2.11. The fourth-order valence-electron chi connectivity index (χ4n) is 1.45. The number of hydrogen-bond acceptors (Lipinski definition) is 3. The molecule has 4 heteroatoms. The van der Waals surface area contributed by atoms with Gasteiger partial charge in [-0.25, -0.2) is 0 Å². The van der Waals surface area contributed by atoms with Crippen LogP contribution < -0.4 is 5.32 Å². The van der Waals surface area contributed by atoms with Gasteiger partial charge in [-0.15, -0.1) is 0 Å². The van der Waals surface area contributed by atoms with Crippen LogP contribution in [-0.4, -0.2) is 29.1 Å². The average molecular weight is 208 g/mol. The molecule has 0 amide bonds. The van der Waals surface area contributed by atoms with Gasteiger partial charge in [0.2, 0.25) is 0 Å². The topological polar surface area (TPSA) is 62.2 Å². The lowest BCUT2D eigenvalue weighted by atomic mass is 10.1. The molecule has 0 aromatic carbocycles. The van der Waals surface area contributed by atoms with Gasteiger partial charge in [-0.2, -0.15) is 0 Å². The Morgan fingerprint density at radius 3 is 2.47 bits per heavy atom. The molecule has 0 saturated carbocycles. The highest BCUT2D eigenvalue weighted by molar-refractivity contribution is 5.67. The maximum atomic E-state index is 10.1. The van der Waals surface area contributed by atoms with Crippen LogP contribution in [0.1, 0.15) is 12.8 Å². The summed E-state index contributed by atoms with van der Waals surface area (Å²) in [4.78, 5) is 13.9. The van der Waals surface area contributed by atoms with Gasteiger partial charge in [0.25, 0.3) is 0 Å². The van der Waals surface area contributed by atoms with Gasteiger partial charge >= 0.3 is 5.97 Å². The first-order valence-electron chi connectivity index (χ1n) is 5.06. The van der Waals surface area contributed by atoms with Crippen molar-refractivity contribution in [1.29, 1.82) is 0 Å². The number of pyridine rings is 1. The van der Waals surface area contributed by atoms with Crippen molar-refractivity contribution in [2.75, 3.05) is 13.1 Å². The Kier molecular flexibility index (Phi) is 5.40. The van der Waals surface area contributed by atoms with E-state index >= 15 is 0 Å².